The summed E-state index contributed by atoms with van der Waals surface area (Å²) in [6, 6.07) is 6.83. The Morgan fingerprint density at radius 1 is 1.47 bits per heavy atom. The topological polar surface area (TPSA) is 68.0 Å². The number of aliphatic hydroxyl groups excluding tert-OH is 1. The van der Waals surface area contributed by atoms with Crippen LogP contribution in [0.25, 0.3) is 0 Å². The molecule has 0 unspecified atom stereocenters. The molecular formula is C12H12ClN3O2S. The summed E-state index contributed by atoms with van der Waals surface area (Å²) in [5.74, 6) is 0.691. The average molecular weight is 298 g/mol. The van der Waals surface area contributed by atoms with Gasteiger partial charge in [-0.15, -0.1) is 10.2 Å². The van der Waals surface area contributed by atoms with Gasteiger partial charge >= 0.3 is 0 Å². The van der Waals surface area contributed by atoms with Crippen LogP contribution < -0.4 is 0 Å². The van der Waals surface area contributed by atoms with Crippen LogP contribution in [0.3, 0.4) is 0 Å². The van der Waals surface area contributed by atoms with Gasteiger partial charge in [0.1, 0.15) is 6.61 Å². The van der Waals surface area contributed by atoms with Crippen LogP contribution in [0.15, 0.2) is 29.4 Å². The number of aliphatic hydroxyl groups is 1. The number of halogens is 1. The number of ketones is 1. The summed E-state index contributed by atoms with van der Waals surface area (Å²) in [5.41, 5.74) is 0.574. The highest BCUT2D eigenvalue weighted by Crippen LogP contribution is 2.18. The molecule has 1 heterocycles. The zero-order valence-corrected chi connectivity index (χ0v) is 11.8. The SMILES string of the molecule is Cn1c(CO)nnc1SCC(=O)c1cccc(Cl)c1. The molecule has 2 aromatic rings. The molecule has 0 aliphatic carbocycles. The second-order valence-corrected chi connectivity index (χ2v) is 5.22. The molecule has 0 aliphatic rings. The second-order valence-electron chi connectivity index (χ2n) is 3.84. The van der Waals surface area contributed by atoms with Crippen LogP contribution in [-0.2, 0) is 13.7 Å². The highest BCUT2D eigenvalue weighted by molar-refractivity contribution is 7.99. The summed E-state index contributed by atoms with van der Waals surface area (Å²) in [4.78, 5) is 12.0. The molecule has 0 radical (unpaired) electrons. The third kappa shape index (κ3) is 3.34. The third-order valence-corrected chi connectivity index (χ3v) is 3.80. The molecule has 5 nitrogen and oxygen atoms in total. The smallest absolute Gasteiger partial charge is 0.191 e. The molecule has 0 fully saturated rings. The first-order valence-electron chi connectivity index (χ1n) is 5.52. The standard InChI is InChI=1S/C12H12ClN3O2S/c1-16-11(6-17)14-15-12(16)19-7-10(18)8-3-2-4-9(13)5-8/h2-5,17H,6-7H2,1H3. The zero-order valence-electron chi connectivity index (χ0n) is 10.2. The number of aromatic nitrogens is 3. The van der Waals surface area contributed by atoms with Gasteiger partial charge in [0.15, 0.2) is 16.8 Å². The van der Waals surface area contributed by atoms with E-state index in [-0.39, 0.29) is 18.1 Å². The quantitative estimate of drug-likeness (QED) is 0.675. The second kappa shape index (κ2) is 6.18. The van der Waals surface area contributed by atoms with Crippen LogP contribution in [0.1, 0.15) is 16.2 Å². The van der Waals surface area contributed by atoms with Gasteiger partial charge in [-0.3, -0.25) is 4.79 Å². The Morgan fingerprint density at radius 2 is 2.26 bits per heavy atom. The van der Waals surface area contributed by atoms with Crippen molar-refractivity contribution in [3.05, 3.63) is 40.7 Å². The Balaban J connectivity index is 2.02. The van der Waals surface area contributed by atoms with E-state index < -0.39 is 0 Å². The van der Waals surface area contributed by atoms with Crippen molar-refractivity contribution >= 4 is 29.1 Å². The van der Waals surface area contributed by atoms with Crippen molar-refractivity contribution in [3.8, 4) is 0 Å². The maximum Gasteiger partial charge on any atom is 0.191 e. The number of thioether (sulfide) groups is 1. The Hall–Kier alpha value is -1.37. The lowest BCUT2D eigenvalue weighted by Gasteiger charge is -2.02. The third-order valence-electron chi connectivity index (χ3n) is 2.55. The van der Waals surface area contributed by atoms with E-state index in [1.807, 2.05) is 0 Å². The molecule has 19 heavy (non-hydrogen) atoms. The maximum atomic E-state index is 12.0. The number of hydrogen-bond donors (Lipinski definition) is 1. The van der Waals surface area contributed by atoms with Gasteiger partial charge in [-0.1, -0.05) is 35.5 Å². The molecule has 0 spiro atoms. The van der Waals surface area contributed by atoms with Crippen molar-refractivity contribution in [1.29, 1.82) is 0 Å². The van der Waals surface area contributed by atoms with Gasteiger partial charge in [-0.05, 0) is 12.1 Å². The number of rotatable bonds is 5. The minimum Gasteiger partial charge on any atom is -0.388 e. The van der Waals surface area contributed by atoms with Crippen molar-refractivity contribution in [2.24, 2.45) is 7.05 Å². The van der Waals surface area contributed by atoms with E-state index in [0.717, 1.165) is 0 Å². The number of Topliss-reactive ketones (excluding diaryl/α,β-unsaturated/α-hetero) is 1. The predicted octanol–water partition coefficient (Wildman–Crippen LogP) is 1.94. The molecule has 0 atom stereocenters. The highest BCUT2D eigenvalue weighted by Gasteiger charge is 2.12. The van der Waals surface area contributed by atoms with Crippen molar-refractivity contribution in [3.63, 3.8) is 0 Å². The monoisotopic (exact) mass is 297 g/mol. The summed E-state index contributed by atoms with van der Waals surface area (Å²) in [7, 11) is 1.75. The fourth-order valence-electron chi connectivity index (χ4n) is 1.48. The maximum absolute atomic E-state index is 12.0. The van der Waals surface area contributed by atoms with Gasteiger partial charge < -0.3 is 9.67 Å². The molecule has 100 valence electrons. The number of nitrogens with zero attached hydrogens (tertiary/aromatic N) is 3. The van der Waals surface area contributed by atoms with E-state index in [9.17, 15) is 4.79 Å². The zero-order chi connectivity index (χ0) is 13.8. The molecule has 1 N–H and O–H groups in total. The lowest BCUT2D eigenvalue weighted by molar-refractivity contribution is 0.102. The number of carbonyl (C=O) groups excluding carboxylic acids is 1. The first-order chi connectivity index (χ1) is 9.11. The Bertz CT molecular complexity index is 600. The molecule has 1 aromatic carbocycles. The molecule has 1 aromatic heterocycles. The molecule has 2 rings (SSSR count). The van der Waals surface area contributed by atoms with Crippen LogP contribution in [-0.4, -0.2) is 31.4 Å². The van der Waals surface area contributed by atoms with Crippen molar-refractivity contribution < 1.29 is 9.90 Å². The lowest BCUT2D eigenvalue weighted by Crippen LogP contribution is -2.04. The first-order valence-corrected chi connectivity index (χ1v) is 6.89. The summed E-state index contributed by atoms with van der Waals surface area (Å²) < 4.78 is 1.66. The van der Waals surface area contributed by atoms with Gasteiger partial charge in [0.2, 0.25) is 0 Å². The Morgan fingerprint density at radius 3 is 2.89 bits per heavy atom. The molecule has 0 aliphatic heterocycles. The minimum atomic E-state index is -0.174. The number of carbonyl (C=O) groups is 1. The van der Waals surface area contributed by atoms with Crippen LogP contribution in [0.5, 0.6) is 0 Å². The normalized spacial score (nSPS) is 10.7. The van der Waals surface area contributed by atoms with Crippen LogP contribution >= 0.6 is 23.4 Å². The van der Waals surface area contributed by atoms with E-state index in [0.29, 0.717) is 21.6 Å². The number of benzene rings is 1. The van der Waals surface area contributed by atoms with Crippen molar-refractivity contribution in [1.82, 2.24) is 14.8 Å². The lowest BCUT2D eigenvalue weighted by atomic mass is 10.1. The fraction of sp³-hybridized carbons (Fsp3) is 0.250. The fourth-order valence-corrected chi connectivity index (χ4v) is 2.50. The average Bonchev–Trinajstić information content (AvgIpc) is 2.76. The van der Waals surface area contributed by atoms with Crippen LogP contribution in [0.2, 0.25) is 5.02 Å². The molecule has 0 bridgehead atoms. The van der Waals surface area contributed by atoms with E-state index in [1.165, 1.54) is 11.8 Å². The van der Waals surface area contributed by atoms with Crippen molar-refractivity contribution in [2.45, 2.75) is 11.8 Å². The van der Waals surface area contributed by atoms with Crippen LogP contribution in [0, 0.1) is 0 Å². The van der Waals surface area contributed by atoms with E-state index in [4.69, 9.17) is 16.7 Å². The van der Waals surface area contributed by atoms with Gasteiger partial charge in [-0.25, -0.2) is 0 Å². The highest BCUT2D eigenvalue weighted by atomic mass is 35.5. The van der Waals surface area contributed by atoms with Gasteiger partial charge in [-0.2, -0.15) is 0 Å². The van der Waals surface area contributed by atoms with Crippen LogP contribution in [0.4, 0.5) is 0 Å². The molecular weight excluding hydrogens is 286 g/mol. The Labute approximate surface area is 119 Å². The van der Waals surface area contributed by atoms with Crippen molar-refractivity contribution in [2.75, 3.05) is 5.75 Å². The van der Waals surface area contributed by atoms with E-state index in [1.54, 1.807) is 35.9 Å². The molecule has 0 amide bonds. The Kier molecular flexibility index (Phi) is 4.57. The molecule has 0 saturated carbocycles. The summed E-state index contributed by atoms with van der Waals surface area (Å²) >= 11 is 7.12. The minimum absolute atomic E-state index is 0.0268. The largest absolute Gasteiger partial charge is 0.388 e. The van der Waals surface area contributed by atoms with Gasteiger partial charge in [0.05, 0.1) is 5.75 Å². The predicted molar refractivity (Wildman–Crippen MR) is 73.4 cm³/mol. The molecule has 7 heteroatoms. The summed E-state index contributed by atoms with van der Waals surface area (Å²) in [5, 5.41) is 17.9. The summed E-state index contributed by atoms with van der Waals surface area (Å²) in [6.07, 6.45) is 0. The van der Waals surface area contributed by atoms with E-state index >= 15 is 0 Å². The van der Waals surface area contributed by atoms with E-state index in [2.05, 4.69) is 10.2 Å². The molecule has 0 saturated heterocycles. The summed E-state index contributed by atoms with van der Waals surface area (Å²) in [6.45, 7) is -0.174. The van der Waals surface area contributed by atoms with Gasteiger partial charge in [0, 0.05) is 17.6 Å². The first kappa shape index (κ1) is 14.0. The van der Waals surface area contributed by atoms with Gasteiger partial charge in [0.25, 0.3) is 0 Å². The number of hydrogen-bond acceptors (Lipinski definition) is 5.